The van der Waals surface area contributed by atoms with Gasteiger partial charge in [-0.15, -0.1) is 0 Å². The molecule has 1 aromatic heterocycles. The van der Waals surface area contributed by atoms with Crippen LogP contribution < -0.4 is 0 Å². The molecule has 118 valence electrons. The number of hydrogen-bond donors (Lipinski definition) is 1. The van der Waals surface area contributed by atoms with E-state index in [-0.39, 0.29) is 44.0 Å². The molecule has 1 fully saturated rings. The first kappa shape index (κ1) is 15.0. The van der Waals surface area contributed by atoms with Crippen molar-refractivity contribution in [3.63, 3.8) is 0 Å². The predicted molar refractivity (Wildman–Crippen MR) is 75.8 cm³/mol. The third-order valence-corrected chi connectivity index (χ3v) is 4.48. The van der Waals surface area contributed by atoms with Crippen LogP contribution in [-0.2, 0) is 11.2 Å². The van der Waals surface area contributed by atoms with Crippen molar-refractivity contribution in [2.24, 2.45) is 0 Å². The van der Waals surface area contributed by atoms with Crippen molar-refractivity contribution in [2.75, 3.05) is 13.1 Å². The van der Waals surface area contributed by atoms with Crippen molar-refractivity contribution in [1.82, 2.24) is 15.1 Å². The zero-order valence-corrected chi connectivity index (χ0v) is 12.7. The van der Waals surface area contributed by atoms with E-state index in [1.54, 1.807) is 11.0 Å². The number of H-pyrrole nitrogens is 1. The summed E-state index contributed by atoms with van der Waals surface area (Å²) in [5.74, 6) is -0.196. The van der Waals surface area contributed by atoms with Crippen molar-refractivity contribution in [1.29, 1.82) is 5.26 Å². The van der Waals surface area contributed by atoms with Crippen molar-refractivity contribution in [2.45, 2.75) is 51.0 Å². The number of aromatic amines is 1. The molecule has 7 heteroatoms. The number of carbonyl (C=O) groups is 1. The molecule has 0 bridgehead atoms. The molecule has 6 nitrogen and oxygen atoms in total. The number of carbonyl (C=O) groups excluding carboxylic acids is 1. The normalized spacial score (nSPS) is 27.1. The highest BCUT2D eigenvalue weighted by Gasteiger charge is 2.38. The van der Waals surface area contributed by atoms with Crippen LogP contribution in [0.25, 0.3) is 0 Å². The van der Waals surface area contributed by atoms with E-state index in [9.17, 15) is 9.18 Å². The molecule has 3 heterocycles. The minimum absolute atomic E-state index is 0.0325. The van der Waals surface area contributed by atoms with Gasteiger partial charge in [-0.1, -0.05) is 0 Å². The number of nitriles is 1. The van der Waals surface area contributed by atoms with Crippen LogP contribution in [-0.4, -0.2) is 45.9 Å². The first-order chi connectivity index (χ1) is 10.4. The lowest BCUT2D eigenvalue weighted by atomic mass is 9.94. The molecule has 0 unspecified atom stereocenters. The molecule has 0 aromatic carbocycles. The average molecular weight is 306 g/mol. The Balaban J connectivity index is 1.79. The van der Waals surface area contributed by atoms with Gasteiger partial charge in [-0.3, -0.25) is 9.89 Å². The zero-order chi connectivity index (χ0) is 15.9. The van der Waals surface area contributed by atoms with Crippen LogP contribution in [0, 0.1) is 11.3 Å². The third kappa shape index (κ3) is 2.48. The second kappa shape index (κ2) is 5.36. The monoisotopic (exact) mass is 306 g/mol. The van der Waals surface area contributed by atoms with Crippen LogP contribution in [0.4, 0.5) is 4.39 Å². The van der Waals surface area contributed by atoms with Crippen molar-refractivity contribution in [3.8, 4) is 6.07 Å². The van der Waals surface area contributed by atoms with E-state index < -0.39 is 5.67 Å². The van der Waals surface area contributed by atoms with E-state index in [0.717, 1.165) is 11.3 Å². The van der Waals surface area contributed by atoms with Crippen molar-refractivity contribution in [3.05, 3.63) is 17.0 Å². The number of alkyl halides is 1. The molecule has 22 heavy (non-hydrogen) atoms. The number of likely N-dealkylation sites (tertiary alicyclic amines) is 1. The molecule has 0 aliphatic carbocycles. The van der Waals surface area contributed by atoms with Gasteiger partial charge in [-0.25, -0.2) is 4.39 Å². The zero-order valence-electron chi connectivity index (χ0n) is 12.7. The van der Waals surface area contributed by atoms with Crippen LogP contribution in [0.1, 0.15) is 54.5 Å². The number of ether oxygens (including phenoxy) is 1. The molecule has 0 spiro atoms. The summed E-state index contributed by atoms with van der Waals surface area (Å²) in [5.41, 5.74) is 0.336. The summed E-state index contributed by atoms with van der Waals surface area (Å²) in [6.45, 7) is 4.37. The lowest BCUT2D eigenvalue weighted by molar-refractivity contribution is -0.00704. The second-order valence-electron chi connectivity index (χ2n) is 6.13. The molecular formula is C15H19FN4O2. The molecule has 0 saturated carbocycles. The number of halogens is 1. The molecule has 1 amide bonds. The fourth-order valence-electron chi connectivity index (χ4n) is 3.18. The number of piperidine rings is 1. The van der Waals surface area contributed by atoms with Gasteiger partial charge in [0.05, 0.1) is 17.9 Å². The minimum atomic E-state index is -1.81. The van der Waals surface area contributed by atoms with E-state index in [0.29, 0.717) is 12.1 Å². The quantitative estimate of drug-likeness (QED) is 0.859. The number of hydrogen-bond acceptors (Lipinski definition) is 4. The smallest absolute Gasteiger partial charge is 0.274 e. The molecule has 2 aliphatic rings. The maximum atomic E-state index is 13.9. The molecule has 1 aromatic rings. The molecule has 0 radical (unpaired) electrons. The first-order valence-electron chi connectivity index (χ1n) is 7.55. The molecule has 3 rings (SSSR count). The summed E-state index contributed by atoms with van der Waals surface area (Å²) in [4.78, 5) is 14.2. The van der Waals surface area contributed by atoms with Gasteiger partial charge in [-0.05, 0) is 13.8 Å². The number of fused-ring (bicyclic) bond motifs is 1. The van der Waals surface area contributed by atoms with Crippen LogP contribution in [0.15, 0.2) is 0 Å². The molecule has 1 N–H and O–H groups in total. The van der Waals surface area contributed by atoms with E-state index in [1.807, 2.05) is 13.8 Å². The van der Waals surface area contributed by atoms with Crippen LogP contribution in [0.2, 0.25) is 0 Å². The fraction of sp³-hybridized carbons (Fsp3) is 0.667. The van der Waals surface area contributed by atoms with Gasteiger partial charge in [0, 0.05) is 37.9 Å². The van der Waals surface area contributed by atoms with Crippen molar-refractivity contribution < 1.29 is 13.9 Å². The lowest BCUT2D eigenvalue weighted by Crippen LogP contribution is -2.44. The maximum absolute atomic E-state index is 13.9. The number of nitrogens with zero attached hydrogens (tertiary/aromatic N) is 3. The van der Waals surface area contributed by atoms with E-state index in [2.05, 4.69) is 10.2 Å². The summed E-state index contributed by atoms with van der Waals surface area (Å²) in [5, 5.41) is 15.9. The number of amides is 1. The number of nitrogens with one attached hydrogen (secondary N) is 1. The molecule has 1 saturated heterocycles. The van der Waals surface area contributed by atoms with Crippen LogP contribution >= 0.6 is 0 Å². The Bertz CT molecular complexity index is 628. The van der Waals surface area contributed by atoms with Gasteiger partial charge < -0.3 is 9.64 Å². The largest absolute Gasteiger partial charge is 0.369 e. The van der Waals surface area contributed by atoms with Gasteiger partial charge in [0.25, 0.3) is 5.91 Å². The standard InChI is InChI=1S/C15H19FN4O2/c1-9-7-11-12(10(2)22-9)18-19-13(11)14(21)20-5-3-15(16,8-17)4-6-20/h9-10H,3-7H2,1-2H3,(H,18,19)/t9-,10+/m1/s1. The highest BCUT2D eigenvalue weighted by Crippen LogP contribution is 2.32. The Labute approximate surface area is 128 Å². The van der Waals surface area contributed by atoms with Crippen LogP contribution in [0.5, 0.6) is 0 Å². The van der Waals surface area contributed by atoms with E-state index >= 15 is 0 Å². The fourth-order valence-corrected chi connectivity index (χ4v) is 3.18. The van der Waals surface area contributed by atoms with Gasteiger partial charge in [0.1, 0.15) is 6.07 Å². The van der Waals surface area contributed by atoms with Gasteiger partial charge in [0.2, 0.25) is 0 Å². The Hall–Kier alpha value is -1.94. The third-order valence-electron chi connectivity index (χ3n) is 4.48. The van der Waals surface area contributed by atoms with Gasteiger partial charge >= 0.3 is 0 Å². The molecule has 2 aliphatic heterocycles. The minimum Gasteiger partial charge on any atom is -0.369 e. The average Bonchev–Trinajstić information content (AvgIpc) is 2.91. The summed E-state index contributed by atoms with van der Waals surface area (Å²) >= 11 is 0. The van der Waals surface area contributed by atoms with Gasteiger partial charge in [0.15, 0.2) is 11.4 Å². The summed E-state index contributed by atoms with van der Waals surface area (Å²) in [6.07, 6.45) is 0.655. The van der Waals surface area contributed by atoms with Crippen molar-refractivity contribution >= 4 is 5.91 Å². The number of rotatable bonds is 1. The molecule has 2 atom stereocenters. The molecular weight excluding hydrogens is 287 g/mol. The Morgan fingerprint density at radius 1 is 1.50 bits per heavy atom. The second-order valence-corrected chi connectivity index (χ2v) is 6.13. The lowest BCUT2D eigenvalue weighted by Gasteiger charge is -2.32. The summed E-state index contributed by atoms with van der Waals surface area (Å²) in [7, 11) is 0. The van der Waals surface area contributed by atoms with Crippen LogP contribution in [0.3, 0.4) is 0 Å². The Morgan fingerprint density at radius 2 is 2.18 bits per heavy atom. The van der Waals surface area contributed by atoms with E-state index in [4.69, 9.17) is 10.00 Å². The van der Waals surface area contributed by atoms with Gasteiger partial charge in [-0.2, -0.15) is 10.4 Å². The van der Waals surface area contributed by atoms with E-state index in [1.165, 1.54) is 0 Å². The number of aromatic nitrogens is 2. The summed E-state index contributed by atoms with van der Waals surface area (Å²) < 4.78 is 19.6. The first-order valence-corrected chi connectivity index (χ1v) is 7.55. The highest BCUT2D eigenvalue weighted by molar-refractivity contribution is 5.94. The topological polar surface area (TPSA) is 82.0 Å². The highest BCUT2D eigenvalue weighted by atomic mass is 19.1. The Kier molecular flexibility index (Phi) is 3.65. The predicted octanol–water partition coefficient (Wildman–Crippen LogP) is 1.90. The summed E-state index contributed by atoms with van der Waals surface area (Å²) in [6, 6.07) is 1.69. The maximum Gasteiger partial charge on any atom is 0.274 e. The Morgan fingerprint density at radius 3 is 2.82 bits per heavy atom. The SMILES string of the molecule is C[C@@H]1Cc2c(C(=O)N3CCC(F)(C#N)CC3)n[nH]c2[C@H](C)O1.